The van der Waals surface area contributed by atoms with E-state index in [9.17, 15) is 0 Å². The number of aryl methyl sites for hydroxylation is 1. The van der Waals surface area contributed by atoms with Crippen LogP contribution in [0, 0.1) is 0 Å². The van der Waals surface area contributed by atoms with E-state index in [1.807, 2.05) is 12.1 Å². The molecule has 2 aromatic rings. The third-order valence-electron chi connectivity index (χ3n) is 3.79. The minimum absolute atomic E-state index is 0.432. The van der Waals surface area contributed by atoms with Gasteiger partial charge in [0.25, 0.3) is 0 Å². The summed E-state index contributed by atoms with van der Waals surface area (Å²) in [7, 11) is 2.10. The lowest BCUT2D eigenvalue weighted by molar-refractivity contribution is 0.398. The molecule has 0 radical (unpaired) electrons. The van der Waals surface area contributed by atoms with Crippen molar-refractivity contribution in [3.63, 3.8) is 0 Å². The number of nitrogens with one attached hydrogen (secondary N) is 1. The van der Waals surface area contributed by atoms with Crippen LogP contribution in [0.25, 0.3) is 10.9 Å². The lowest BCUT2D eigenvalue weighted by Gasteiger charge is -2.24. The van der Waals surface area contributed by atoms with Crippen LogP contribution in [-0.2, 0) is 7.05 Å². The Hall–Kier alpha value is -0.510. The van der Waals surface area contributed by atoms with Crippen LogP contribution in [0.3, 0.4) is 0 Å². The zero-order valence-electron chi connectivity index (χ0n) is 10.3. The molecule has 2 nitrogen and oxygen atoms in total. The van der Waals surface area contributed by atoms with Crippen LogP contribution in [-0.4, -0.2) is 11.1 Å². The zero-order chi connectivity index (χ0) is 12.7. The van der Waals surface area contributed by atoms with Crippen LogP contribution in [0.4, 0.5) is 0 Å². The number of hydrogen-bond donors (Lipinski definition) is 1. The second kappa shape index (κ2) is 4.87. The van der Waals surface area contributed by atoms with Gasteiger partial charge < -0.3 is 9.88 Å². The molecule has 1 aromatic carbocycles. The molecule has 96 valence electrons. The van der Waals surface area contributed by atoms with E-state index in [1.165, 1.54) is 34.8 Å². The highest BCUT2D eigenvalue weighted by atomic mass is 79.9. The first-order valence-electron chi connectivity index (χ1n) is 6.36. The van der Waals surface area contributed by atoms with Gasteiger partial charge in [-0.3, -0.25) is 0 Å². The molecule has 0 saturated carbocycles. The molecule has 0 amide bonds. The summed E-state index contributed by atoms with van der Waals surface area (Å²) in [4.78, 5) is 0. The highest BCUT2D eigenvalue weighted by molar-refractivity contribution is 9.10. The molecule has 1 saturated heterocycles. The summed E-state index contributed by atoms with van der Waals surface area (Å²) in [5.74, 6) is 0. The molecule has 0 spiro atoms. The van der Waals surface area contributed by atoms with Crippen molar-refractivity contribution in [2.24, 2.45) is 7.05 Å². The van der Waals surface area contributed by atoms with Gasteiger partial charge in [-0.25, -0.2) is 0 Å². The third-order valence-corrected chi connectivity index (χ3v) is 4.92. The van der Waals surface area contributed by atoms with Crippen molar-refractivity contribution >= 4 is 38.4 Å². The van der Waals surface area contributed by atoms with Crippen molar-refractivity contribution in [1.82, 2.24) is 9.88 Å². The molecule has 4 heteroatoms. The van der Waals surface area contributed by atoms with Gasteiger partial charge in [0.05, 0.1) is 10.5 Å². The Bertz CT molecular complexity index is 585. The SMILES string of the molecule is Cn1c(C2CCCCN2)c(Br)c2cccc(Cl)c21. The molecule has 1 atom stereocenters. The largest absolute Gasteiger partial charge is 0.344 e. The number of para-hydroxylation sites is 1. The number of halogens is 2. The first kappa shape index (κ1) is 12.5. The summed E-state index contributed by atoms with van der Waals surface area (Å²) in [6.45, 7) is 1.10. The molecule has 0 bridgehead atoms. The maximum absolute atomic E-state index is 6.32. The van der Waals surface area contributed by atoms with Crippen molar-refractivity contribution in [3.8, 4) is 0 Å². The molecular formula is C14H16BrClN2. The Balaban J connectivity index is 2.20. The fraction of sp³-hybridized carbons (Fsp3) is 0.429. The van der Waals surface area contributed by atoms with E-state index < -0.39 is 0 Å². The first-order chi connectivity index (χ1) is 8.70. The van der Waals surface area contributed by atoms with Gasteiger partial charge in [-0.1, -0.05) is 30.2 Å². The predicted octanol–water partition coefficient (Wildman–Crippen LogP) is 4.41. The summed E-state index contributed by atoms with van der Waals surface area (Å²) in [6, 6.07) is 6.51. The molecule has 3 rings (SSSR count). The molecule has 1 aromatic heterocycles. The topological polar surface area (TPSA) is 17.0 Å². The highest BCUT2D eigenvalue weighted by Crippen LogP contribution is 2.38. The van der Waals surface area contributed by atoms with E-state index in [0.29, 0.717) is 6.04 Å². The van der Waals surface area contributed by atoms with Crippen molar-refractivity contribution in [2.75, 3.05) is 6.54 Å². The van der Waals surface area contributed by atoms with Gasteiger partial charge in [-0.15, -0.1) is 0 Å². The summed E-state index contributed by atoms with van der Waals surface area (Å²) >= 11 is 10.1. The minimum Gasteiger partial charge on any atom is -0.344 e. The van der Waals surface area contributed by atoms with Crippen LogP contribution >= 0.6 is 27.5 Å². The highest BCUT2D eigenvalue weighted by Gasteiger charge is 2.23. The smallest absolute Gasteiger partial charge is 0.0681 e. The molecule has 0 aliphatic carbocycles. The van der Waals surface area contributed by atoms with Crippen LogP contribution < -0.4 is 5.32 Å². The van der Waals surface area contributed by atoms with Gasteiger partial charge >= 0.3 is 0 Å². The molecule has 1 aliphatic heterocycles. The number of piperidine rings is 1. The number of aromatic nitrogens is 1. The Kier molecular flexibility index (Phi) is 3.39. The minimum atomic E-state index is 0.432. The molecule has 1 fully saturated rings. The van der Waals surface area contributed by atoms with E-state index >= 15 is 0 Å². The van der Waals surface area contributed by atoms with Crippen LogP contribution in [0.5, 0.6) is 0 Å². The van der Waals surface area contributed by atoms with E-state index in [4.69, 9.17) is 11.6 Å². The van der Waals surface area contributed by atoms with Crippen molar-refractivity contribution < 1.29 is 0 Å². The summed E-state index contributed by atoms with van der Waals surface area (Å²) < 4.78 is 3.41. The second-order valence-corrected chi connectivity index (χ2v) is 6.10. The molecule has 2 heterocycles. The quantitative estimate of drug-likeness (QED) is 0.821. The summed E-state index contributed by atoms with van der Waals surface area (Å²) in [5.41, 5.74) is 2.44. The van der Waals surface area contributed by atoms with Crippen molar-refractivity contribution in [2.45, 2.75) is 25.3 Å². The lowest BCUT2D eigenvalue weighted by Crippen LogP contribution is -2.28. The van der Waals surface area contributed by atoms with Crippen LogP contribution in [0.2, 0.25) is 5.02 Å². The van der Waals surface area contributed by atoms with E-state index in [1.54, 1.807) is 0 Å². The average molecular weight is 328 g/mol. The van der Waals surface area contributed by atoms with E-state index in [2.05, 4.69) is 38.9 Å². The monoisotopic (exact) mass is 326 g/mol. The fourth-order valence-electron chi connectivity index (χ4n) is 2.91. The fourth-order valence-corrected chi connectivity index (χ4v) is 4.07. The van der Waals surface area contributed by atoms with Gasteiger partial charge in [-0.2, -0.15) is 0 Å². The number of nitrogens with zero attached hydrogens (tertiary/aromatic N) is 1. The Morgan fingerprint density at radius 1 is 1.39 bits per heavy atom. The van der Waals surface area contributed by atoms with E-state index in [-0.39, 0.29) is 0 Å². The first-order valence-corrected chi connectivity index (χ1v) is 7.53. The van der Waals surface area contributed by atoms with Gasteiger partial charge in [0.15, 0.2) is 0 Å². The number of hydrogen-bond acceptors (Lipinski definition) is 1. The van der Waals surface area contributed by atoms with Crippen LogP contribution in [0.1, 0.15) is 31.0 Å². The predicted molar refractivity (Wildman–Crippen MR) is 80.2 cm³/mol. The zero-order valence-corrected chi connectivity index (χ0v) is 12.7. The van der Waals surface area contributed by atoms with Crippen molar-refractivity contribution in [1.29, 1.82) is 0 Å². The Labute approximate surface area is 120 Å². The van der Waals surface area contributed by atoms with Gasteiger partial charge in [-0.05, 0) is 41.4 Å². The second-order valence-electron chi connectivity index (χ2n) is 4.90. The standard InChI is InChI=1S/C14H16BrClN2/c1-18-13-9(5-4-6-10(13)16)12(15)14(18)11-7-2-3-8-17-11/h4-6,11,17H,2-3,7-8H2,1H3. The maximum atomic E-state index is 6.32. The molecule has 18 heavy (non-hydrogen) atoms. The lowest BCUT2D eigenvalue weighted by atomic mass is 10.0. The number of rotatable bonds is 1. The van der Waals surface area contributed by atoms with Crippen molar-refractivity contribution in [3.05, 3.63) is 33.4 Å². The summed E-state index contributed by atoms with van der Waals surface area (Å²) in [5, 5.41) is 5.62. The van der Waals surface area contributed by atoms with E-state index in [0.717, 1.165) is 17.1 Å². The third kappa shape index (κ3) is 1.89. The van der Waals surface area contributed by atoms with Gasteiger partial charge in [0, 0.05) is 28.6 Å². The molecular weight excluding hydrogens is 312 g/mol. The molecule has 1 N–H and O–H groups in total. The Morgan fingerprint density at radius 2 is 2.22 bits per heavy atom. The number of benzene rings is 1. The Morgan fingerprint density at radius 3 is 2.89 bits per heavy atom. The number of fused-ring (bicyclic) bond motifs is 1. The molecule has 1 unspecified atom stereocenters. The normalized spacial score (nSPS) is 20.5. The molecule has 1 aliphatic rings. The van der Waals surface area contributed by atoms with Crippen LogP contribution in [0.15, 0.2) is 22.7 Å². The van der Waals surface area contributed by atoms with Gasteiger partial charge in [0.1, 0.15) is 0 Å². The maximum Gasteiger partial charge on any atom is 0.0681 e. The summed E-state index contributed by atoms with van der Waals surface area (Å²) in [6.07, 6.45) is 3.76. The average Bonchev–Trinajstić information content (AvgIpc) is 2.64. The van der Waals surface area contributed by atoms with Gasteiger partial charge in [0.2, 0.25) is 0 Å².